The maximum atomic E-state index is 14.0. The summed E-state index contributed by atoms with van der Waals surface area (Å²) in [6.07, 6.45) is 1.17. The Balaban J connectivity index is 2.85. The third-order valence-electron chi connectivity index (χ3n) is 2.80. The van der Waals surface area contributed by atoms with Gasteiger partial charge in [0.15, 0.2) is 5.69 Å². The van der Waals surface area contributed by atoms with Crippen molar-refractivity contribution in [2.45, 2.75) is 0 Å². The van der Waals surface area contributed by atoms with Crippen molar-refractivity contribution in [2.75, 3.05) is 12.8 Å². The monoisotopic (exact) mass is 403 g/mol. The van der Waals surface area contributed by atoms with Gasteiger partial charge in [-0.05, 0) is 34.7 Å². The molecule has 2 rings (SSSR count). The molecule has 0 aliphatic carbocycles. The number of rotatable bonds is 2. The number of nitrogens with two attached hydrogens (primary N) is 1. The quantitative estimate of drug-likeness (QED) is 0.475. The number of hydrogen-bond donors (Lipinski definition) is 1. The first-order chi connectivity index (χ1) is 9.92. The molecule has 0 unspecified atom stereocenters. The minimum atomic E-state index is -0.853. The summed E-state index contributed by atoms with van der Waals surface area (Å²) in [7, 11) is 1.12. The second kappa shape index (κ2) is 5.69. The fourth-order valence-electron chi connectivity index (χ4n) is 1.83. The second-order valence-electron chi connectivity index (χ2n) is 3.97. The summed E-state index contributed by atoms with van der Waals surface area (Å²) in [6.45, 7) is 0. The predicted molar refractivity (Wildman–Crippen MR) is 78.9 cm³/mol. The van der Waals surface area contributed by atoms with E-state index in [2.05, 4.69) is 4.74 Å². The van der Waals surface area contributed by atoms with Gasteiger partial charge in [0.25, 0.3) is 0 Å². The molecule has 0 spiro atoms. The van der Waals surface area contributed by atoms with Crippen molar-refractivity contribution in [1.29, 1.82) is 5.26 Å². The number of carbonyl (C=O) groups excluding carboxylic acids is 1. The third-order valence-corrected chi connectivity index (χ3v) is 3.83. The van der Waals surface area contributed by atoms with Gasteiger partial charge in [-0.25, -0.2) is 13.6 Å². The molecule has 1 aromatic heterocycles. The van der Waals surface area contributed by atoms with Crippen LogP contribution in [0.25, 0.3) is 5.69 Å². The first-order valence-electron chi connectivity index (χ1n) is 5.55. The molecular weight excluding hydrogens is 395 g/mol. The van der Waals surface area contributed by atoms with Crippen molar-refractivity contribution in [1.82, 2.24) is 4.57 Å². The summed E-state index contributed by atoms with van der Waals surface area (Å²) in [6, 6.07) is 3.68. The van der Waals surface area contributed by atoms with E-state index in [4.69, 9.17) is 11.0 Å². The van der Waals surface area contributed by atoms with Crippen molar-refractivity contribution in [3.63, 3.8) is 0 Å². The molecular formula is C13H8F2IN3O2. The molecule has 0 atom stereocenters. The fourth-order valence-corrected chi connectivity index (χ4v) is 2.53. The summed E-state index contributed by atoms with van der Waals surface area (Å²) in [4.78, 5) is 11.8. The zero-order chi connectivity index (χ0) is 15.7. The number of nitrogens with zero attached hydrogens (tertiary/aromatic N) is 2. The van der Waals surface area contributed by atoms with Gasteiger partial charge >= 0.3 is 5.97 Å². The Morgan fingerprint density at radius 3 is 2.62 bits per heavy atom. The number of carbonyl (C=O) groups is 1. The smallest absolute Gasteiger partial charge is 0.357 e. The Labute approximate surface area is 132 Å². The largest absolute Gasteiger partial charge is 0.464 e. The number of ether oxygens (including phenoxy) is 1. The molecule has 1 heterocycles. The van der Waals surface area contributed by atoms with E-state index in [1.807, 2.05) is 0 Å². The summed E-state index contributed by atoms with van der Waals surface area (Å²) in [5.41, 5.74) is 5.09. The van der Waals surface area contributed by atoms with Crippen LogP contribution in [0.2, 0.25) is 0 Å². The lowest BCUT2D eigenvalue weighted by atomic mass is 10.2. The van der Waals surface area contributed by atoms with E-state index < -0.39 is 17.6 Å². The molecule has 0 aliphatic heterocycles. The van der Waals surface area contributed by atoms with Crippen LogP contribution < -0.4 is 5.73 Å². The van der Waals surface area contributed by atoms with E-state index in [1.165, 1.54) is 6.20 Å². The first-order valence-corrected chi connectivity index (χ1v) is 6.63. The Bertz CT molecular complexity index is 781. The zero-order valence-corrected chi connectivity index (χ0v) is 12.8. The summed E-state index contributed by atoms with van der Waals surface area (Å²) >= 11 is 1.61. The molecule has 0 saturated carbocycles. The van der Waals surface area contributed by atoms with Gasteiger partial charge in [-0.3, -0.25) is 0 Å². The highest BCUT2D eigenvalue weighted by molar-refractivity contribution is 14.1. The van der Waals surface area contributed by atoms with Crippen LogP contribution in [0.3, 0.4) is 0 Å². The highest BCUT2D eigenvalue weighted by Crippen LogP contribution is 2.30. The number of methoxy groups -OCH3 is 1. The van der Waals surface area contributed by atoms with Gasteiger partial charge in [-0.15, -0.1) is 0 Å². The van der Waals surface area contributed by atoms with Gasteiger partial charge < -0.3 is 15.0 Å². The molecule has 0 fully saturated rings. The van der Waals surface area contributed by atoms with Crippen LogP contribution in [-0.4, -0.2) is 17.6 Å². The molecule has 108 valence electrons. The molecule has 1 aromatic carbocycles. The summed E-state index contributed by atoms with van der Waals surface area (Å²) in [5.74, 6) is -2.27. The average Bonchev–Trinajstić information content (AvgIpc) is 2.79. The van der Waals surface area contributed by atoms with E-state index in [0.717, 1.165) is 23.8 Å². The lowest BCUT2D eigenvalue weighted by Crippen LogP contribution is -2.13. The minimum Gasteiger partial charge on any atom is -0.464 e. The third kappa shape index (κ3) is 2.44. The van der Waals surface area contributed by atoms with Crippen molar-refractivity contribution < 1.29 is 18.3 Å². The molecule has 0 aliphatic rings. The molecule has 21 heavy (non-hydrogen) atoms. The number of esters is 1. The topological polar surface area (TPSA) is 81.0 Å². The molecule has 0 radical (unpaired) electrons. The van der Waals surface area contributed by atoms with Crippen LogP contribution in [0.15, 0.2) is 18.3 Å². The van der Waals surface area contributed by atoms with Crippen molar-refractivity contribution in [2.24, 2.45) is 0 Å². The number of hydrogen-bond acceptors (Lipinski definition) is 4. The number of aromatic nitrogens is 1. The molecule has 0 bridgehead atoms. The van der Waals surface area contributed by atoms with E-state index in [-0.39, 0.29) is 26.2 Å². The molecule has 2 aromatic rings. The Morgan fingerprint density at radius 2 is 2.05 bits per heavy atom. The number of nitriles is 1. The van der Waals surface area contributed by atoms with Crippen LogP contribution in [0.4, 0.5) is 14.5 Å². The molecule has 5 nitrogen and oxygen atoms in total. The zero-order valence-electron chi connectivity index (χ0n) is 10.7. The number of halogens is 3. The Kier molecular flexibility index (Phi) is 4.13. The first kappa shape index (κ1) is 15.2. The molecule has 0 saturated heterocycles. The lowest BCUT2D eigenvalue weighted by Gasteiger charge is -2.11. The number of nitrogen functional groups attached to an aromatic ring is 1. The lowest BCUT2D eigenvalue weighted by molar-refractivity contribution is 0.0593. The summed E-state index contributed by atoms with van der Waals surface area (Å²) in [5, 5.41) is 8.99. The van der Waals surface area contributed by atoms with Gasteiger partial charge in [-0.2, -0.15) is 5.26 Å². The van der Waals surface area contributed by atoms with E-state index in [1.54, 1.807) is 28.7 Å². The van der Waals surface area contributed by atoms with E-state index in [9.17, 15) is 13.6 Å². The minimum absolute atomic E-state index is 0.0325. The van der Waals surface area contributed by atoms with Crippen LogP contribution in [-0.2, 0) is 4.74 Å². The van der Waals surface area contributed by atoms with Crippen LogP contribution >= 0.6 is 22.6 Å². The Hall–Kier alpha value is -2.15. The van der Waals surface area contributed by atoms with Crippen LogP contribution in [0.5, 0.6) is 0 Å². The highest BCUT2D eigenvalue weighted by Gasteiger charge is 2.25. The molecule has 0 amide bonds. The normalized spacial score (nSPS) is 10.2. The standard InChI is InChI=1S/C13H8F2IN3O2/c1-21-13(20)12-10(18)6(4-17)5-19(12)11-8(15)3-2-7(14)9(11)16/h2-3,5H,18H2,1H3. The second-order valence-corrected chi connectivity index (χ2v) is 5.05. The SMILES string of the molecule is COC(=O)c1c(N)c(C#N)cn1-c1c(F)ccc(F)c1I. The maximum absolute atomic E-state index is 14.0. The van der Waals surface area contributed by atoms with Crippen LogP contribution in [0.1, 0.15) is 16.1 Å². The van der Waals surface area contributed by atoms with Gasteiger partial charge in [0, 0.05) is 6.20 Å². The van der Waals surface area contributed by atoms with Crippen molar-refractivity contribution >= 4 is 34.2 Å². The van der Waals surface area contributed by atoms with Crippen molar-refractivity contribution in [3.05, 3.63) is 44.8 Å². The fraction of sp³-hybridized carbons (Fsp3) is 0.0769. The predicted octanol–water partition coefficient (Wildman–Crippen LogP) is 2.60. The number of anilines is 1. The number of benzene rings is 1. The van der Waals surface area contributed by atoms with Crippen molar-refractivity contribution in [3.8, 4) is 11.8 Å². The van der Waals surface area contributed by atoms with E-state index in [0.29, 0.717) is 0 Å². The maximum Gasteiger partial charge on any atom is 0.357 e. The van der Waals surface area contributed by atoms with Gasteiger partial charge in [0.05, 0.1) is 27.6 Å². The van der Waals surface area contributed by atoms with Gasteiger partial charge in [0.1, 0.15) is 17.7 Å². The van der Waals surface area contributed by atoms with Gasteiger partial charge in [0.2, 0.25) is 0 Å². The highest BCUT2D eigenvalue weighted by atomic mass is 127. The molecule has 8 heteroatoms. The Morgan fingerprint density at radius 1 is 1.43 bits per heavy atom. The average molecular weight is 403 g/mol. The van der Waals surface area contributed by atoms with Gasteiger partial charge in [-0.1, -0.05) is 0 Å². The van der Waals surface area contributed by atoms with E-state index >= 15 is 0 Å². The molecule has 2 N–H and O–H groups in total. The van der Waals surface area contributed by atoms with Crippen LogP contribution in [0, 0.1) is 26.5 Å². The summed E-state index contributed by atoms with van der Waals surface area (Å²) < 4.78 is 33.3.